The molecule has 4 rings (SSSR count). The number of rotatable bonds is 5. The lowest BCUT2D eigenvalue weighted by Gasteiger charge is -2.36. The van der Waals surface area contributed by atoms with E-state index in [0.717, 1.165) is 18.7 Å². The Morgan fingerprint density at radius 1 is 0.966 bits per heavy atom. The van der Waals surface area contributed by atoms with Crippen LogP contribution in [-0.4, -0.2) is 56.0 Å². The monoisotopic (exact) mass is 397 g/mol. The molecule has 152 valence electrons. The quantitative estimate of drug-likeness (QED) is 0.779. The molecule has 2 aromatic rings. The molecule has 29 heavy (non-hydrogen) atoms. The van der Waals surface area contributed by atoms with Gasteiger partial charge in [0.2, 0.25) is 5.91 Å². The van der Waals surface area contributed by atoms with Crippen LogP contribution in [0.25, 0.3) is 0 Å². The molecule has 2 heterocycles. The van der Waals surface area contributed by atoms with Gasteiger partial charge < -0.3 is 19.4 Å². The SMILES string of the molecule is O=C(COc1ccc(N2CCCC2=O)cc1)N1CCN(c2ccccc2F)CC1. The van der Waals surface area contributed by atoms with E-state index in [0.29, 0.717) is 44.0 Å². The molecule has 2 aromatic carbocycles. The fourth-order valence-corrected chi connectivity index (χ4v) is 3.78. The van der Waals surface area contributed by atoms with Gasteiger partial charge in [-0.15, -0.1) is 0 Å². The minimum atomic E-state index is -0.241. The third-order valence-corrected chi connectivity index (χ3v) is 5.41. The van der Waals surface area contributed by atoms with Crippen molar-refractivity contribution in [3.05, 3.63) is 54.3 Å². The predicted octanol–water partition coefficient (Wildman–Crippen LogP) is 2.68. The second-order valence-corrected chi connectivity index (χ2v) is 7.25. The van der Waals surface area contributed by atoms with Gasteiger partial charge in [-0.1, -0.05) is 12.1 Å². The second kappa shape index (κ2) is 8.51. The number of hydrogen-bond donors (Lipinski definition) is 0. The highest BCUT2D eigenvalue weighted by Gasteiger charge is 2.23. The number of amides is 2. The fourth-order valence-electron chi connectivity index (χ4n) is 3.78. The van der Waals surface area contributed by atoms with Crippen LogP contribution < -0.4 is 14.5 Å². The Bertz CT molecular complexity index is 879. The van der Waals surface area contributed by atoms with Gasteiger partial charge in [0.05, 0.1) is 5.69 Å². The number of hydrogen-bond acceptors (Lipinski definition) is 4. The number of ether oxygens (including phenoxy) is 1. The number of para-hydroxylation sites is 1. The highest BCUT2D eigenvalue weighted by molar-refractivity contribution is 5.95. The lowest BCUT2D eigenvalue weighted by molar-refractivity contribution is -0.133. The van der Waals surface area contributed by atoms with E-state index in [1.54, 1.807) is 34.1 Å². The van der Waals surface area contributed by atoms with Crippen molar-refractivity contribution >= 4 is 23.2 Å². The molecule has 0 atom stereocenters. The van der Waals surface area contributed by atoms with Crippen LogP contribution in [0.4, 0.5) is 15.8 Å². The van der Waals surface area contributed by atoms with Crippen LogP contribution in [-0.2, 0) is 9.59 Å². The summed E-state index contributed by atoms with van der Waals surface area (Å²) in [6.07, 6.45) is 1.48. The maximum atomic E-state index is 13.9. The summed E-state index contributed by atoms with van der Waals surface area (Å²) in [5.74, 6) is 0.411. The summed E-state index contributed by atoms with van der Waals surface area (Å²) in [7, 11) is 0. The van der Waals surface area contributed by atoms with Crippen LogP contribution >= 0.6 is 0 Å². The first-order chi connectivity index (χ1) is 14.1. The zero-order chi connectivity index (χ0) is 20.2. The third kappa shape index (κ3) is 4.34. The second-order valence-electron chi connectivity index (χ2n) is 7.25. The zero-order valence-electron chi connectivity index (χ0n) is 16.2. The number of nitrogens with zero attached hydrogens (tertiary/aromatic N) is 3. The molecule has 2 saturated heterocycles. The zero-order valence-corrected chi connectivity index (χ0v) is 16.2. The van der Waals surface area contributed by atoms with Crippen LogP contribution in [0.5, 0.6) is 5.75 Å². The molecule has 0 N–H and O–H groups in total. The highest BCUT2D eigenvalue weighted by atomic mass is 19.1. The van der Waals surface area contributed by atoms with Gasteiger partial charge in [-0.3, -0.25) is 9.59 Å². The summed E-state index contributed by atoms with van der Waals surface area (Å²) in [5.41, 5.74) is 1.43. The molecule has 7 heteroatoms. The van der Waals surface area contributed by atoms with Gasteiger partial charge in [0.25, 0.3) is 5.91 Å². The molecule has 0 aliphatic carbocycles. The normalized spacial score (nSPS) is 17.0. The van der Waals surface area contributed by atoms with Crippen molar-refractivity contribution in [3.63, 3.8) is 0 Å². The smallest absolute Gasteiger partial charge is 0.260 e. The minimum absolute atomic E-state index is 0.0400. The number of carbonyl (C=O) groups is 2. The Hall–Kier alpha value is -3.09. The first-order valence-electron chi connectivity index (χ1n) is 9.92. The Morgan fingerprint density at radius 2 is 1.69 bits per heavy atom. The van der Waals surface area contributed by atoms with E-state index < -0.39 is 0 Å². The lowest BCUT2D eigenvalue weighted by Crippen LogP contribution is -2.50. The van der Waals surface area contributed by atoms with Crippen LogP contribution in [0.15, 0.2) is 48.5 Å². The molecule has 0 unspecified atom stereocenters. The molecule has 2 fully saturated rings. The Kier molecular flexibility index (Phi) is 5.64. The van der Waals surface area contributed by atoms with Gasteiger partial charge in [0, 0.05) is 44.8 Å². The Balaban J connectivity index is 1.26. The highest BCUT2D eigenvalue weighted by Crippen LogP contribution is 2.24. The molecule has 6 nitrogen and oxygen atoms in total. The average molecular weight is 397 g/mol. The number of halogens is 1. The first-order valence-corrected chi connectivity index (χ1v) is 9.92. The fraction of sp³-hybridized carbons (Fsp3) is 0.364. The van der Waals surface area contributed by atoms with Gasteiger partial charge >= 0.3 is 0 Å². The van der Waals surface area contributed by atoms with Gasteiger partial charge in [0.15, 0.2) is 6.61 Å². The molecule has 2 aliphatic rings. The summed E-state index contributed by atoms with van der Waals surface area (Å²) >= 11 is 0. The Morgan fingerprint density at radius 3 is 2.34 bits per heavy atom. The maximum absolute atomic E-state index is 13.9. The summed E-state index contributed by atoms with van der Waals surface area (Å²) in [4.78, 5) is 29.7. The molecule has 0 bridgehead atoms. The van der Waals surface area contributed by atoms with E-state index >= 15 is 0 Å². The van der Waals surface area contributed by atoms with Crippen molar-refractivity contribution in [2.24, 2.45) is 0 Å². The van der Waals surface area contributed by atoms with Gasteiger partial charge in [0.1, 0.15) is 11.6 Å². The van der Waals surface area contributed by atoms with Crippen molar-refractivity contribution < 1.29 is 18.7 Å². The lowest BCUT2D eigenvalue weighted by atomic mass is 10.2. The van der Waals surface area contributed by atoms with Crippen molar-refractivity contribution in [1.82, 2.24) is 4.90 Å². The summed E-state index contributed by atoms with van der Waals surface area (Å²) in [6, 6.07) is 13.9. The number of piperazine rings is 1. The number of carbonyl (C=O) groups excluding carboxylic acids is 2. The van der Waals surface area contributed by atoms with Crippen molar-refractivity contribution in [2.45, 2.75) is 12.8 Å². The average Bonchev–Trinajstić information content (AvgIpc) is 3.19. The van der Waals surface area contributed by atoms with Crippen LogP contribution in [0, 0.1) is 5.82 Å². The van der Waals surface area contributed by atoms with E-state index in [-0.39, 0.29) is 24.2 Å². The Labute approximate surface area is 169 Å². The first kappa shape index (κ1) is 19.2. The molecule has 2 aliphatic heterocycles. The van der Waals surface area contributed by atoms with Crippen LogP contribution in [0.2, 0.25) is 0 Å². The van der Waals surface area contributed by atoms with E-state index in [1.165, 1.54) is 6.07 Å². The van der Waals surface area contributed by atoms with Gasteiger partial charge in [-0.2, -0.15) is 0 Å². The van der Waals surface area contributed by atoms with E-state index in [2.05, 4.69) is 0 Å². The summed E-state index contributed by atoms with van der Waals surface area (Å²) < 4.78 is 19.6. The van der Waals surface area contributed by atoms with Crippen LogP contribution in [0.1, 0.15) is 12.8 Å². The standard InChI is InChI=1S/C22H24FN3O3/c23-19-4-1-2-5-20(19)24-12-14-25(15-13-24)22(28)16-29-18-9-7-17(8-10-18)26-11-3-6-21(26)27/h1-2,4-5,7-10H,3,6,11-16H2. The van der Waals surface area contributed by atoms with E-state index in [4.69, 9.17) is 4.74 Å². The van der Waals surface area contributed by atoms with Crippen molar-refractivity contribution in [2.75, 3.05) is 49.1 Å². The van der Waals surface area contributed by atoms with Crippen molar-refractivity contribution in [3.8, 4) is 5.75 Å². The third-order valence-electron chi connectivity index (χ3n) is 5.41. The van der Waals surface area contributed by atoms with Gasteiger partial charge in [-0.05, 0) is 42.8 Å². The molecule has 0 aromatic heterocycles. The predicted molar refractivity (Wildman–Crippen MR) is 109 cm³/mol. The topological polar surface area (TPSA) is 53.1 Å². The number of anilines is 2. The molecule has 2 amide bonds. The van der Waals surface area contributed by atoms with E-state index in [9.17, 15) is 14.0 Å². The molecular formula is C22H24FN3O3. The molecule has 0 radical (unpaired) electrons. The maximum Gasteiger partial charge on any atom is 0.260 e. The summed E-state index contributed by atoms with van der Waals surface area (Å²) in [5, 5.41) is 0. The van der Waals surface area contributed by atoms with Gasteiger partial charge in [-0.25, -0.2) is 4.39 Å². The van der Waals surface area contributed by atoms with Crippen molar-refractivity contribution in [1.29, 1.82) is 0 Å². The van der Waals surface area contributed by atoms with E-state index in [1.807, 2.05) is 23.1 Å². The molecular weight excluding hydrogens is 373 g/mol. The summed E-state index contributed by atoms with van der Waals surface area (Å²) in [6.45, 7) is 2.95. The molecule has 0 saturated carbocycles. The molecule has 0 spiro atoms. The minimum Gasteiger partial charge on any atom is -0.484 e. The van der Waals surface area contributed by atoms with Crippen LogP contribution in [0.3, 0.4) is 0 Å². The largest absolute Gasteiger partial charge is 0.484 e. The number of benzene rings is 2.